The Morgan fingerprint density at radius 3 is 2.55 bits per heavy atom. The van der Waals surface area contributed by atoms with Gasteiger partial charge >= 0.3 is 0 Å². The van der Waals surface area contributed by atoms with E-state index in [1.807, 2.05) is 25.1 Å². The molecule has 38 heavy (non-hydrogen) atoms. The highest BCUT2D eigenvalue weighted by molar-refractivity contribution is 7.89. The van der Waals surface area contributed by atoms with Crippen molar-refractivity contribution in [2.24, 2.45) is 5.41 Å². The fourth-order valence-electron chi connectivity index (χ4n) is 6.21. The quantitative estimate of drug-likeness (QED) is 0.475. The maximum absolute atomic E-state index is 15.7. The first-order valence-electron chi connectivity index (χ1n) is 12.8. The van der Waals surface area contributed by atoms with Gasteiger partial charge in [0.2, 0.25) is 10.0 Å². The van der Waals surface area contributed by atoms with Crippen LogP contribution in [0, 0.1) is 17.0 Å². The molecule has 8 nitrogen and oxygen atoms in total. The molecule has 0 radical (unpaired) electrons. The molecule has 3 aliphatic rings. The van der Waals surface area contributed by atoms with E-state index in [1.54, 1.807) is 12.1 Å². The van der Waals surface area contributed by atoms with Crippen LogP contribution in [0.1, 0.15) is 60.4 Å². The van der Waals surface area contributed by atoms with Crippen LogP contribution in [0.3, 0.4) is 0 Å². The van der Waals surface area contributed by atoms with E-state index < -0.39 is 32.5 Å². The first-order valence-corrected chi connectivity index (χ1v) is 14.3. The molecule has 2 atom stereocenters. The van der Waals surface area contributed by atoms with Crippen LogP contribution in [0.4, 0.5) is 8.78 Å². The van der Waals surface area contributed by atoms with E-state index in [0.29, 0.717) is 50.3 Å². The second-order valence-corrected chi connectivity index (χ2v) is 13.0. The number of ether oxygens (including phenoxy) is 2. The molecule has 1 aromatic heterocycles. The molecule has 11 heteroatoms. The number of nitrogens with one attached hydrogen (secondary N) is 1. The van der Waals surface area contributed by atoms with Gasteiger partial charge in [-0.25, -0.2) is 17.2 Å². The maximum Gasteiger partial charge on any atom is 0.221 e. The van der Waals surface area contributed by atoms with Crippen molar-refractivity contribution in [1.29, 1.82) is 0 Å². The van der Waals surface area contributed by atoms with Gasteiger partial charge in [-0.3, -0.25) is 0 Å². The molecule has 1 spiro atoms. The molecule has 202 valence electrons. The number of aromatic amines is 1. The van der Waals surface area contributed by atoms with Gasteiger partial charge in [-0.05, 0) is 50.3 Å². The lowest BCUT2D eigenvalue weighted by Crippen LogP contribution is -2.60. The van der Waals surface area contributed by atoms with E-state index in [0.717, 1.165) is 6.07 Å². The number of halogens is 2. The summed E-state index contributed by atoms with van der Waals surface area (Å²) < 4.78 is 71.3. The van der Waals surface area contributed by atoms with Gasteiger partial charge in [0.25, 0.3) is 0 Å². The standard InChI is InChI=1S/C27H30F2N4O4S/c1-18-7-8-24(19-5-3-2-4-6-19)38(34,35)33(18)11-20-9-23(29)21(10-22(20)28)27(13-26(14-27)15-36-16-26)37-12-25-30-17-31-32-25/h2-6,9-10,17-18,24H,7-8,11-16H2,1H3,(H,30,31,32)/t18-,24+/m0/s1. The lowest BCUT2D eigenvalue weighted by Gasteiger charge is -2.59. The fraction of sp³-hybridized carbons (Fsp3) is 0.481. The van der Waals surface area contributed by atoms with Crippen molar-refractivity contribution in [2.75, 3.05) is 13.2 Å². The summed E-state index contributed by atoms with van der Waals surface area (Å²) in [5.41, 5.74) is -0.277. The number of nitrogens with zero attached hydrogens (tertiary/aromatic N) is 3. The zero-order valence-electron chi connectivity index (χ0n) is 21.1. The van der Waals surface area contributed by atoms with Gasteiger partial charge < -0.3 is 14.5 Å². The average Bonchev–Trinajstić information content (AvgIpc) is 3.36. The summed E-state index contributed by atoms with van der Waals surface area (Å²) in [5, 5.41) is 6.95. The van der Waals surface area contributed by atoms with Gasteiger partial charge in [0, 0.05) is 29.1 Å². The summed E-state index contributed by atoms with van der Waals surface area (Å²) in [6.07, 6.45) is 3.54. The third kappa shape index (κ3) is 4.35. The van der Waals surface area contributed by atoms with Crippen LogP contribution >= 0.6 is 0 Å². The Hall–Kier alpha value is -2.73. The molecule has 3 heterocycles. The van der Waals surface area contributed by atoms with Crippen molar-refractivity contribution in [3.05, 3.63) is 82.9 Å². The third-order valence-electron chi connectivity index (χ3n) is 8.24. The predicted octanol–water partition coefficient (Wildman–Crippen LogP) is 4.36. The van der Waals surface area contributed by atoms with Crippen LogP contribution in [-0.4, -0.2) is 47.2 Å². The van der Waals surface area contributed by atoms with Gasteiger partial charge in [0.1, 0.15) is 29.8 Å². The van der Waals surface area contributed by atoms with Crippen molar-refractivity contribution in [2.45, 2.75) is 62.7 Å². The maximum atomic E-state index is 15.7. The van der Waals surface area contributed by atoms with Crippen molar-refractivity contribution in [3.8, 4) is 0 Å². The van der Waals surface area contributed by atoms with Crippen LogP contribution < -0.4 is 0 Å². The highest BCUT2D eigenvalue weighted by atomic mass is 32.2. The first-order chi connectivity index (χ1) is 18.2. The van der Waals surface area contributed by atoms with E-state index in [-0.39, 0.29) is 35.7 Å². The van der Waals surface area contributed by atoms with E-state index in [2.05, 4.69) is 15.2 Å². The first kappa shape index (κ1) is 25.5. The minimum Gasteiger partial charge on any atom is -0.380 e. The van der Waals surface area contributed by atoms with Crippen molar-refractivity contribution in [3.63, 3.8) is 0 Å². The molecule has 2 aliphatic heterocycles. The van der Waals surface area contributed by atoms with Crippen molar-refractivity contribution >= 4 is 10.0 Å². The van der Waals surface area contributed by atoms with Gasteiger partial charge in [-0.1, -0.05) is 30.3 Å². The zero-order valence-corrected chi connectivity index (χ0v) is 21.9. The zero-order chi connectivity index (χ0) is 26.5. The van der Waals surface area contributed by atoms with E-state index in [4.69, 9.17) is 9.47 Å². The lowest BCUT2D eigenvalue weighted by atomic mass is 9.55. The predicted molar refractivity (Wildman–Crippen MR) is 134 cm³/mol. The van der Waals surface area contributed by atoms with E-state index in [1.165, 1.54) is 16.7 Å². The summed E-state index contributed by atoms with van der Waals surface area (Å²) in [4.78, 5) is 2.86. The number of sulfonamides is 1. The summed E-state index contributed by atoms with van der Waals surface area (Å²) in [7, 11) is -3.78. The Kier molecular flexibility index (Phi) is 6.37. The van der Waals surface area contributed by atoms with Crippen LogP contribution in [0.2, 0.25) is 0 Å². The smallest absolute Gasteiger partial charge is 0.221 e. The Bertz CT molecular complexity index is 1410. The second kappa shape index (κ2) is 9.48. The second-order valence-electron chi connectivity index (χ2n) is 10.9. The van der Waals surface area contributed by atoms with Gasteiger partial charge in [-0.2, -0.15) is 4.31 Å². The molecule has 0 bridgehead atoms. The van der Waals surface area contributed by atoms with Crippen LogP contribution in [0.25, 0.3) is 0 Å². The summed E-state index contributed by atoms with van der Waals surface area (Å²) in [5.74, 6) is -0.778. The third-order valence-corrected chi connectivity index (χ3v) is 10.6. The summed E-state index contributed by atoms with van der Waals surface area (Å²) in [6, 6.07) is 11.0. The number of rotatable bonds is 7. The lowest BCUT2D eigenvalue weighted by molar-refractivity contribution is -0.267. The molecule has 3 aromatic rings. The Labute approximate surface area is 220 Å². The molecule has 0 unspecified atom stereocenters. The summed E-state index contributed by atoms with van der Waals surface area (Å²) >= 11 is 0. The molecular formula is C27H30F2N4O4S. The molecular weight excluding hydrogens is 514 g/mol. The van der Waals surface area contributed by atoms with Crippen LogP contribution in [0.5, 0.6) is 0 Å². The van der Waals surface area contributed by atoms with Crippen LogP contribution in [0.15, 0.2) is 48.8 Å². The highest BCUT2D eigenvalue weighted by Crippen LogP contribution is 2.60. The molecule has 1 aliphatic carbocycles. The monoisotopic (exact) mass is 544 g/mol. The Morgan fingerprint density at radius 2 is 1.89 bits per heavy atom. The molecule has 2 aromatic carbocycles. The molecule has 6 rings (SSSR count). The van der Waals surface area contributed by atoms with Gasteiger partial charge in [-0.15, -0.1) is 10.2 Å². The Morgan fingerprint density at radius 1 is 1.13 bits per heavy atom. The van der Waals surface area contributed by atoms with Crippen molar-refractivity contribution < 1.29 is 26.7 Å². The van der Waals surface area contributed by atoms with Crippen LogP contribution in [-0.2, 0) is 38.2 Å². The number of H-pyrrole nitrogens is 1. The molecule has 3 fully saturated rings. The molecule has 1 N–H and O–H groups in total. The average molecular weight is 545 g/mol. The van der Waals surface area contributed by atoms with Gasteiger partial charge in [0.15, 0.2) is 5.82 Å². The number of hydrogen-bond acceptors (Lipinski definition) is 6. The summed E-state index contributed by atoms with van der Waals surface area (Å²) in [6.45, 7) is 2.78. The minimum atomic E-state index is -3.78. The topological polar surface area (TPSA) is 97.4 Å². The number of benzene rings is 2. The van der Waals surface area contributed by atoms with E-state index >= 15 is 8.78 Å². The van der Waals surface area contributed by atoms with Crippen molar-refractivity contribution in [1.82, 2.24) is 19.5 Å². The van der Waals surface area contributed by atoms with E-state index in [9.17, 15) is 8.42 Å². The minimum absolute atomic E-state index is 0.00165. The fourth-order valence-corrected chi connectivity index (χ4v) is 8.40. The SMILES string of the molecule is C[C@H]1CC[C@H](c2ccccc2)S(=O)(=O)N1Cc1cc(F)c(C2(OCc3nnc[nH]3)CC3(COC3)C2)cc1F. The molecule has 2 saturated heterocycles. The van der Waals surface area contributed by atoms with Gasteiger partial charge in [0.05, 0.1) is 18.8 Å². The number of hydrogen-bond donors (Lipinski definition) is 1. The largest absolute Gasteiger partial charge is 0.380 e. The Balaban J connectivity index is 1.28. The highest BCUT2D eigenvalue weighted by Gasteiger charge is 2.61. The molecule has 0 amide bonds. The molecule has 1 saturated carbocycles. The normalized spacial score (nSPS) is 25.6. The number of aromatic nitrogens is 3.